The van der Waals surface area contributed by atoms with Gasteiger partial charge < -0.3 is 9.30 Å². The standard InChI is InChI=1S/C18H11F3N2O2S/c1-2-7-23-17-13(21)8-11(19)9-15(17)26-18(23)22-16(24)10-25-14-6-4-3-5-12(14)20/h1,3-6,8-9H,7,10H2. The molecule has 3 rings (SSSR count). The fraction of sp³-hybridized carbons (Fsp3) is 0.111. The topological polar surface area (TPSA) is 43.6 Å². The van der Waals surface area contributed by atoms with Crippen molar-refractivity contribution in [1.29, 1.82) is 0 Å². The van der Waals surface area contributed by atoms with Crippen molar-refractivity contribution >= 4 is 27.5 Å². The molecule has 0 bridgehead atoms. The number of para-hydroxylation sites is 1. The highest BCUT2D eigenvalue weighted by Crippen LogP contribution is 2.22. The van der Waals surface area contributed by atoms with Gasteiger partial charge in [0.2, 0.25) is 0 Å². The molecular formula is C18H11F3N2O2S. The highest BCUT2D eigenvalue weighted by Gasteiger charge is 2.14. The molecule has 2 aromatic carbocycles. The zero-order valence-corrected chi connectivity index (χ0v) is 14.0. The maximum Gasteiger partial charge on any atom is 0.286 e. The first-order chi connectivity index (χ1) is 12.5. The number of nitrogens with zero attached hydrogens (tertiary/aromatic N) is 2. The van der Waals surface area contributed by atoms with E-state index in [1.54, 1.807) is 6.07 Å². The number of halogens is 3. The average Bonchev–Trinajstić information content (AvgIpc) is 2.92. The molecule has 0 saturated heterocycles. The van der Waals surface area contributed by atoms with E-state index in [0.717, 1.165) is 23.5 Å². The van der Waals surface area contributed by atoms with Crippen molar-refractivity contribution in [2.75, 3.05) is 6.61 Å². The summed E-state index contributed by atoms with van der Waals surface area (Å²) in [5.74, 6) is -0.620. The van der Waals surface area contributed by atoms with Crippen LogP contribution < -0.4 is 9.54 Å². The molecule has 1 aromatic heterocycles. The van der Waals surface area contributed by atoms with Crippen molar-refractivity contribution in [2.45, 2.75) is 6.54 Å². The minimum Gasteiger partial charge on any atom is -0.481 e. The van der Waals surface area contributed by atoms with E-state index in [2.05, 4.69) is 10.9 Å². The Balaban J connectivity index is 1.94. The number of fused-ring (bicyclic) bond motifs is 1. The number of hydrogen-bond acceptors (Lipinski definition) is 3. The molecule has 0 unspecified atom stereocenters. The SMILES string of the molecule is C#CCn1c(=NC(=O)COc2ccccc2F)sc2cc(F)cc(F)c21. The molecule has 0 N–H and O–H groups in total. The van der Waals surface area contributed by atoms with Crippen LogP contribution in [-0.4, -0.2) is 17.1 Å². The van der Waals surface area contributed by atoms with E-state index in [1.165, 1.54) is 22.8 Å². The molecule has 0 aliphatic heterocycles. The molecule has 0 aliphatic rings. The number of carbonyl (C=O) groups is 1. The van der Waals surface area contributed by atoms with E-state index in [4.69, 9.17) is 11.2 Å². The summed E-state index contributed by atoms with van der Waals surface area (Å²) in [5.41, 5.74) is 0.0657. The first-order valence-electron chi connectivity index (χ1n) is 7.36. The van der Waals surface area contributed by atoms with Gasteiger partial charge >= 0.3 is 0 Å². The summed E-state index contributed by atoms with van der Waals surface area (Å²) < 4.78 is 47.6. The number of rotatable bonds is 4. The van der Waals surface area contributed by atoms with Crippen LogP contribution in [0.4, 0.5) is 13.2 Å². The second-order valence-electron chi connectivity index (χ2n) is 5.13. The molecule has 26 heavy (non-hydrogen) atoms. The number of aromatic nitrogens is 1. The predicted molar refractivity (Wildman–Crippen MR) is 91.0 cm³/mol. The molecule has 3 aromatic rings. The molecule has 0 atom stereocenters. The fourth-order valence-electron chi connectivity index (χ4n) is 2.29. The van der Waals surface area contributed by atoms with Gasteiger partial charge in [-0.25, -0.2) is 13.2 Å². The third kappa shape index (κ3) is 3.63. The number of carbonyl (C=O) groups excluding carboxylic acids is 1. The Kier molecular flexibility index (Phi) is 5.09. The molecule has 0 saturated carbocycles. The number of amides is 1. The number of ether oxygens (including phenoxy) is 1. The third-order valence-electron chi connectivity index (χ3n) is 3.35. The van der Waals surface area contributed by atoms with Crippen molar-refractivity contribution < 1.29 is 22.7 Å². The first-order valence-corrected chi connectivity index (χ1v) is 8.18. The second-order valence-corrected chi connectivity index (χ2v) is 6.14. The number of hydrogen-bond donors (Lipinski definition) is 0. The van der Waals surface area contributed by atoms with E-state index in [1.807, 2.05) is 0 Å². The van der Waals surface area contributed by atoms with Gasteiger partial charge in [-0.05, 0) is 18.2 Å². The Morgan fingerprint density at radius 2 is 2.00 bits per heavy atom. The van der Waals surface area contributed by atoms with Crippen molar-refractivity contribution in [1.82, 2.24) is 4.57 Å². The van der Waals surface area contributed by atoms with Crippen LogP contribution in [0.15, 0.2) is 41.4 Å². The summed E-state index contributed by atoms with van der Waals surface area (Å²) in [6.07, 6.45) is 5.29. The molecular weight excluding hydrogens is 365 g/mol. The van der Waals surface area contributed by atoms with Crippen LogP contribution in [0.5, 0.6) is 5.75 Å². The zero-order valence-electron chi connectivity index (χ0n) is 13.2. The molecule has 1 heterocycles. The van der Waals surface area contributed by atoms with Crippen molar-refractivity contribution in [3.8, 4) is 18.1 Å². The third-order valence-corrected chi connectivity index (χ3v) is 4.38. The summed E-state index contributed by atoms with van der Waals surface area (Å²) >= 11 is 0.916. The number of thiazole rings is 1. The van der Waals surface area contributed by atoms with Crippen LogP contribution in [0.25, 0.3) is 10.2 Å². The van der Waals surface area contributed by atoms with Crippen molar-refractivity contribution in [2.24, 2.45) is 4.99 Å². The van der Waals surface area contributed by atoms with Gasteiger partial charge in [0.25, 0.3) is 5.91 Å². The molecule has 0 fully saturated rings. The first kappa shape index (κ1) is 17.8. The zero-order chi connectivity index (χ0) is 18.7. The smallest absolute Gasteiger partial charge is 0.286 e. The minimum absolute atomic E-state index is 0.0527. The lowest BCUT2D eigenvalue weighted by Crippen LogP contribution is -2.19. The summed E-state index contributed by atoms with van der Waals surface area (Å²) in [7, 11) is 0. The highest BCUT2D eigenvalue weighted by atomic mass is 32.1. The van der Waals surface area contributed by atoms with E-state index >= 15 is 0 Å². The van der Waals surface area contributed by atoms with Crippen molar-refractivity contribution in [3.63, 3.8) is 0 Å². The Morgan fingerprint density at radius 3 is 2.73 bits per heavy atom. The van der Waals surface area contributed by atoms with Crippen LogP contribution in [-0.2, 0) is 11.3 Å². The summed E-state index contributed by atoms with van der Waals surface area (Å²) in [6, 6.07) is 7.48. The normalized spacial score (nSPS) is 11.5. The van der Waals surface area contributed by atoms with Crippen molar-refractivity contribution in [3.05, 3.63) is 58.7 Å². The van der Waals surface area contributed by atoms with E-state index < -0.39 is 30.0 Å². The van der Waals surface area contributed by atoms with E-state index in [9.17, 15) is 18.0 Å². The van der Waals surface area contributed by atoms with Crippen LogP contribution in [0.1, 0.15) is 0 Å². The number of terminal acetylenes is 1. The second kappa shape index (κ2) is 7.45. The van der Waals surface area contributed by atoms with Crippen LogP contribution in [0.2, 0.25) is 0 Å². The molecule has 0 radical (unpaired) electrons. The molecule has 4 nitrogen and oxygen atoms in total. The molecule has 0 spiro atoms. The van der Waals surface area contributed by atoms with Gasteiger partial charge in [0, 0.05) is 6.07 Å². The Labute approximate surface area is 150 Å². The maximum atomic E-state index is 14.1. The van der Waals surface area contributed by atoms with Gasteiger partial charge in [-0.1, -0.05) is 29.4 Å². The summed E-state index contributed by atoms with van der Waals surface area (Å²) in [6.45, 7) is -0.565. The lowest BCUT2D eigenvalue weighted by Gasteiger charge is -2.04. The Bertz CT molecular complexity index is 1100. The van der Waals surface area contributed by atoms with Gasteiger partial charge in [0.15, 0.2) is 28.8 Å². The molecule has 132 valence electrons. The molecule has 1 amide bonds. The van der Waals surface area contributed by atoms with E-state index in [0.29, 0.717) is 0 Å². The lowest BCUT2D eigenvalue weighted by atomic mass is 10.3. The largest absolute Gasteiger partial charge is 0.481 e. The highest BCUT2D eigenvalue weighted by molar-refractivity contribution is 7.16. The Hall–Kier alpha value is -3.05. The van der Waals surface area contributed by atoms with E-state index in [-0.39, 0.29) is 27.3 Å². The molecule has 0 aliphatic carbocycles. The average molecular weight is 376 g/mol. The number of benzene rings is 2. The fourth-order valence-corrected chi connectivity index (χ4v) is 3.38. The van der Waals surface area contributed by atoms with Gasteiger partial charge in [0.1, 0.15) is 5.82 Å². The van der Waals surface area contributed by atoms with Crippen LogP contribution in [0, 0.1) is 29.8 Å². The van der Waals surface area contributed by atoms with Gasteiger partial charge in [0.05, 0.1) is 16.8 Å². The summed E-state index contributed by atoms with van der Waals surface area (Å²) in [5, 5.41) is 0. The van der Waals surface area contributed by atoms with Gasteiger partial charge in [-0.3, -0.25) is 4.79 Å². The predicted octanol–water partition coefficient (Wildman–Crippen LogP) is 3.26. The quantitative estimate of drug-likeness (QED) is 0.656. The van der Waals surface area contributed by atoms with Crippen LogP contribution in [0.3, 0.4) is 0 Å². The Morgan fingerprint density at radius 1 is 1.23 bits per heavy atom. The monoisotopic (exact) mass is 376 g/mol. The van der Waals surface area contributed by atoms with Crippen LogP contribution >= 0.6 is 11.3 Å². The lowest BCUT2D eigenvalue weighted by molar-refractivity contribution is -0.120. The van der Waals surface area contributed by atoms with Gasteiger partial charge in [-0.15, -0.1) is 6.42 Å². The molecule has 8 heteroatoms. The maximum absolute atomic E-state index is 14.1. The summed E-state index contributed by atoms with van der Waals surface area (Å²) in [4.78, 5) is 16.0. The minimum atomic E-state index is -0.803. The van der Waals surface area contributed by atoms with Gasteiger partial charge in [-0.2, -0.15) is 4.99 Å².